The maximum atomic E-state index is 11.6. The highest BCUT2D eigenvalue weighted by Crippen LogP contribution is 2.30. The van der Waals surface area contributed by atoms with E-state index >= 15 is 0 Å². The van der Waals surface area contributed by atoms with Gasteiger partial charge < -0.3 is 0 Å². The van der Waals surface area contributed by atoms with Crippen molar-refractivity contribution in [2.24, 2.45) is 0 Å². The van der Waals surface area contributed by atoms with Crippen molar-refractivity contribution in [2.75, 3.05) is 5.75 Å². The van der Waals surface area contributed by atoms with Crippen LogP contribution in [0.4, 0.5) is 0 Å². The third-order valence-electron chi connectivity index (χ3n) is 2.77. The normalized spacial score (nSPS) is 18.2. The minimum atomic E-state index is -2.94. The number of hydrogen-bond donors (Lipinski definition) is 1. The molecule has 0 radical (unpaired) electrons. The molecule has 0 spiro atoms. The van der Waals surface area contributed by atoms with Crippen LogP contribution in [0.15, 0.2) is 16.8 Å². The Labute approximate surface area is 97.2 Å². The average molecular weight is 254 g/mol. The second-order valence-corrected chi connectivity index (χ2v) is 6.85. The molecule has 0 bridgehead atoms. The predicted molar refractivity (Wildman–Crippen MR) is 63.1 cm³/mol. The van der Waals surface area contributed by atoms with Crippen LogP contribution < -0.4 is 0 Å². The van der Waals surface area contributed by atoms with Gasteiger partial charge in [0.1, 0.15) is 0 Å². The van der Waals surface area contributed by atoms with Crippen molar-refractivity contribution < 1.29 is 8.42 Å². The molecule has 3 heterocycles. The van der Waals surface area contributed by atoms with E-state index in [4.69, 9.17) is 0 Å². The summed E-state index contributed by atoms with van der Waals surface area (Å²) in [5.41, 5.74) is 3.61. The summed E-state index contributed by atoms with van der Waals surface area (Å²) >= 11 is 1.59. The SMILES string of the molecule is O=S1(=O)CCc2[nH]nc(-c3ccsc3)c2C1. The van der Waals surface area contributed by atoms with Gasteiger partial charge in [0.25, 0.3) is 0 Å². The number of thiophene rings is 1. The van der Waals surface area contributed by atoms with Gasteiger partial charge in [-0.1, -0.05) is 0 Å². The van der Waals surface area contributed by atoms with Gasteiger partial charge in [0, 0.05) is 28.6 Å². The Kier molecular flexibility index (Phi) is 2.15. The lowest BCUT2D eigenvalue weighted by Crippen LogP contribution is -2.18. The summed E-state index contributed by atoms with van der Waals surface area (Å²) in [5.74, 6) is 0.343. The van der Waals surface area contributed by atoms with E-state index in [2.05, 4.69) is 10.2 Å². The number of aromatic nitrogens is 2. The minimum absolute atomic E-state index is 0.115. The van der Waals surface area contributed by atoms with Crippen LogP contribution in [0.25, 0.3) is 11.3 Å². The number of nitrogens with zero attached hydrogens (tertiary/aromatic N) is 1. The Hall–Kier alpha value is -1.14. The number of fused-ring (bicyclic) bond motifs is 1. The quantitative estimate of drug-likeness (QED) is 0.841. The summed E-state index contributed by atoms with van der Waals surface area (Å²) in [6, 6.07) is 1.96. The molecule has 0 fully saturated rings. The smallest absolute Gasteiger partial charge is 0.154 e. The number of hydrogen-bond acceptors (Lipinski definition) is 4. The summed E-state index contributed by atoms with van der Waals surface area (Å²) < 4.78 is 23.2. The predicted octanol–water partition coefficient (Wildman–Crippen LogP) is 1.61. The molecular weight excluding hydrogens is 244 g/mol. The third-order valence-corrected chi connectivity index (χ3v) is 5.01. The topological polar surface area (TPSA) is 62.8 Å². The van der Waals surface area contributed by atoms with Crippen LogP contribution in [-0.2, 0) is 22.0 Å². The summed E-state index contributed by atoms with van der Waals surface area (Å²) in [6.45, 7) is 0. The molecule has 3 rings (SSSR count). The van der Waals surface area contributed by atoms with Gasteiger partial charge in [0.2, 0.25) is 0 Å². The Morgan fingerprint density at radius 3 is 3.06 bits per heavy atom. The van der Waals surface area contributed by atoms with Gasteiger partial charge in [0.15, 0.2) is 9.84 Å². The van der Waals surface area contributed by atoms with Gasteiger partial charge in [-0.25, -0.2) is 8.42 Å². The maximum Gasteiger partial charge on any atom is 0.154 e. The first-order valence-corrected chi connectivity index (χ1v) is 7.71. The number of sulfone groups is 1. The second kappa shape index (κ2) is 3.43. The summed E-state index contributed by atoms with van der Waals surface area (Å²) in [6.07, 6.45) is 0.550. The highest BCUT2D eigenvalue weighted by atomic mass is 32.2. The van der Waals surface area contributed by atoms with E-state index in [-0.39, 0.29) is 11.5 Å². The largest absolute Gasteiger partial charge is 0.282 e. The molecule has 1 aliphatic rings. The Bertz CT molecular complexity index is 611. The van der Waals surface area contributed by atoms with Crippen molar-refractivity contribution in [3.05, 3.63) is 28.1 Å². The van der Waals surface area contributed by atoms with Crippen LogP contribution in [-0.4, -0.2) is 24.4 Å². The van der Waals surface area contributed by atoms with Crippen LogP contribution in [0.2, 0.25) is 0 Å². The number of aromatic amines is 1. The van der Waals surface area contributed by atoms with Crippen LogP contribution in [0.3, 0.4) is 0 Å². The molecule has 0 saturated carbocycles. The first-order valence-electron chi connectivity index (χ1n) is 4.95. The number of nitrogens with one attached hydrogen (secondary N) is 1. The molecule has 0 aromatic carbocycles. The first-order chi connectivity index (χ1) is 7.66. The van der Waals surface area contributed by atoms with E-state index in [0.29, 0.717) is 6.42 Å². The Morgan fingerprint density at radius 1 is 1.44 bits per heavy atom. The van der Waals surface area contributed by atoms with Gasteiger partial charge in [-0.3, -0.25) is 5.10 Å². The van der Waals surface area contributed by atoms with E-state index in [9.17, 15) is 8.42 Å². The molecule has 1 N–H and O–H groups in total. The van der Waals surface area contributed by atoms with E-state index in [1.54, 1.807) is 11.3 Å². The van der Waals surface area contributed by atoms with E-state index in [1.807, 2.05) is 16.8 Å². The molecule has 16 heavy (non-hydrogen) atoms. The summed E-state index contributed by atoms with van der Waals surface area (Å²) in [5, 5.41) is 11.1. The van der Waals surface area contributed by atoms with E-state index in [0.717, 1.165) is 22.5 Å². The number of aryl methyl sites for hydroxylation is 1. The molecule has 0 atom stereocenters. The molecule has 2 aromatic heterocycles. The number of H-pyrrole nitrogens is 1. The molecule has 0 amide bonds. The lowest BCUT2D eigenvalue weighted by atomic mass is 10.1. The standard InChI is InChI=1S/C10H10N2O2S2/c13-16(14)4-2-9-8(6-16)10(12-11-9)7-1-3-15-5-7/h1,3,5H,2,4,6H2,(H,11,12). The van der Waals surface area contributed by atoms with Crippen molar-refractivity contribution in [2.45, 2.75) is 12.2 Å². The summed E-state index contributed by atoms with van der Waals surface area (Å²) in [4.78, 5) is 0. The first kappa shape index (κ1) is 10.0. The van der Waals surface area contributed by atoms with Gasteiger partial charge in [-0.15, -0.1) is 0 Å². The van der Waals surface area contributed by atoms with Gasteiger partial charge in [-0.2, -0.15) is 16.4 Å². The summed E-state index contributed by atoms with van der Waals surface area (Å²) in [7, 11) is -2.94. The van der Waals surface area contributed by atoms with Crippen molar-refractivity contribution in [1.29, 1.82) is 0 Å². The molecule has 2 aromatic rings. The zero-order chi connectivity index (χ0) is 11.2. The monoisotopic (exact) mass is 254 g/mol. The molecule has 1 aliphatic heterocycles. The highest BCUT2D eigenvalue weighted by Gasteiger charge is 2.26. The van der Waals surface area contributed by atoms with E-state index in [1.165, 1.54) is 0 Å². The molecule has 84 valence electrons. The van der Waals surface area contributed by atoms with Crippen LogP contribution in [0.5, 0.6) is 0 Å². The Morgan fingerprint density at radius 2 is 2.31 bits per heavy atom. The zero-order valence-electron chi connectivity index (χ0n) is 8.43. The molecule has 0 unspecified atom stereocenters. The molecule has 4 nitrogen and oxygen atoms in total. The van der Waals surface area contributed by atoms with Gasteiger partial charge in [0.05, 0.1) is 17.2 Å². The fourth-order valence-corrected chi connectivity index (χ4v) is 4.00. The fraction of sp³-hybridized carbons (Fsp3) is 0.300. The lowest BCUT2D eigenvalue weighted by molar-refractivity contribution is 0.591. The van der Waals surface area contributed by atoms with Crippen LogP contribution >= 0.6 is 11.3 Å². The Balaban J connectivity index is 2.14. The second-order valence-electron chi connectivity index (χ2n) is 3.88. The van der Waals surface area contributed by atoms with Crippen LogP contribution in [0, 0.1) is 0 Å². The molecular formula is C10H10N2O2S2. The van der Waals surface area contributed by atoms with Gasteiger partial charge >= 0.3 is 0 Å². The van der Waals surface area contributed by atoms with Gasteiger partial charge in [-0.05, 0) is 11.4 Å². The van der Waals surface area contributed by atoms with Crippen LogP contribution in [0.1, 0.15) is 11.3 Å². The van der Waals surface area contributed by atoms with Crippen molar-refractivity contribution in [1.82, 2.24) is 10.2 Å². The van der Waals surface area contributed by atoms with Crippen molar-refractivity contribution >= 4 is 21.2 Å². The molecule has 0 aliphatic carbocycles. The maximum absolute atomic E-state index is 11.6. The highest BCUT2D eigenvalue weighted by molar-refractivity contribution is 7.90. The van der Waals surface area contributed by atoms with Crippen molar-refractivity contribution in [3.63, 3.8) is 0 Å². The fourth-order valence-electron chi connectivity index (χ4n) is 1.95. The zero-order valence-corrected chi connectivity index (χ0v) is 10.1. The lowest BCUT2D eigenvalue weighted by Gasteiger charge is -2.11. The third kappa shape index (κ3) is 1.58. The average Bonchev–Trinajstić information content (AvgIpc) is 2.82. The van der Waals surface area contributed by atoms with Crippen molar-refractivity contribution in [3.8, 4) is 11.3 Å². The molecule has 0 saturated heterocycles. The number of rotatable bonds is 1. The molecule has 6 heteroatoms. The minimum Gasteiger partial charge on any atom is -0.282 e. The van der Waals surface area contributed by atoms with E-state index < -0.39 is 9.84 Å².